The maximum atomic E-state index is 5.86. The van der Waals surface area contributed by atoms with Gasteiger partial charge in [-0.15, -0.1) is 0 Å². The molecular weight excluding hydrogens is 250 g/mol. The van der Waals surface area contributed by atoms with Gasteiger partial charge in [-0.25, -0.2) is 0 Å². The van der Waals surface area contributed by atoms with Gasteiger partial charge in [-0.1, -0.05) is 13.3 Å². The van der Waals surface area contributed by atoms with Gasteiger partial charge in [-0.05, 0) is 61.9 Å². The molecule has 3 nitrogen and oxygen atoms in total. The molecule has 1 aliphatic carbocycles. The predicted octanol–water partition coefficient (Wildman–Crippen LogP) is 3.63. The van der Waals surface area contributed by atoms with Crippen LogP contribution in [0.4, 0.5) is 0 Å². The van der Waals surface area contributed by atoms with Crippen LogP contribution in [0.1, 0.15) is 39.0 Å². The summed E-state index contributed by atoms with van der Waals surface area (Å²) in [5.74, 6) is 1.80. The Morgan fingerprint density at radius 1 is 1.15 bits per heavy atom. The molecule has 1 aromatic rings. The number of benzene rings is 1. The molecule has 20 heavy (non-hydrogen) atoms. The molecule has 0 aliphatic heterocycles. The van der Waals surface area contributed by atoms with Crippen molar-refractivity contribution in [3.05, 3.63) is 24.3 Å². The van der Waals surface area contributed by atoms with Crippen molar-refractivity contribution in [1.29, 1.82) is 0 Å². The van der Waals surface area contributed by atoms with Crippen molar-refractivity contribution in [1.82, 2.24) is 5.32 Å². The summed E-state index contributed by atoms with van der Waals surface area (Å²) in [5, 5.41) is 3.57. The van der Waals surface area contributed by atoms with E-state index in [0.29, 0.717) is 5.41 Å². The highest BCUT2D eigenvalue weighted by atomic mass is 16.5. The molecule has 1 saturated carbocycles. The smallest absolute Gasteiger partial charge is 0.119 e. The Balaban J connectivity index is 1.72. The zero-order chi connectivity index (χ0) is 14.3. The van der Waals surface area contributed by atoms with Crippen LogP contribution in [-0.4, -0.2) is 26.8 Å². The second kappa shape index (κ2) is 7.53. The van der Waals surface area contributed by atoms with Gasteiger partial charge in [-0.2, -0.15) is 0 Å². The summed E-state index contributed by atoms with van der Waals surface area (Å²) in [6, 6.07) is 7.83. The van der Waals surface area contributed by atoms with Crippen LogP contribution >= 0.6 is 0 Å². The van der Waals surface area contributed by atoms with E-state index in [1.54, 1.807) is 7.11 Å². The molecule has 3 heteroatoms. The summed E-state index contributed by atoms with van der Waals surface area (Å²) in [5.41, 5.74) is 0.488. The standard InChI is InChI=1S/C17H27NO2/c1-3-12-18-14-17(9-4-10-17)11-13-20-16-7-5-15(19-2)6-8-16/h5-8,18H,3-4,9-14H2,1-2H3. The molecule has 112 valence electrons. The average Bonchev–Trinajstić information content (AvgIpc) is 2.45. The minimum Gasteiger partial charge on any atom is -0.497 e. The lowest BCUT2D eigenvalue weighted by atomic mass is 9.67. The number of methoxy groups -OCH3 is 1. The maximum Gasteiger partial charge on any atom is 0.119 e. The summed E-state index contributed by atoms with van der Waals surface area (Å²) in [6.07, 6.45) is 6.41. The predicted molar refractivity (Wildman–Crippen MR) is 82.6 cm³/mol. The van der Waals surface area contributed by atoms with E-state index in [-0.39, 0.29) is 0 Å². The molecule has 1 aromatic carbocycles. The van der Waals surface area contributed by atoms with Crippen molar-refractivity contribution in [2.75, 3.05) is 26.8 Å². The Morgan fingerprint density at radius 3 is 2.40 bits per heavy atom. The van der Waals surface area contributed by atoms with Crippen molar-refractivity contribution in [3.8, 4) is 11.5 Å². The van der Waals surface area contributed by atoms with Crippen LogP contribution in [0.25, 0.3) is 0 Å². The number of hydrogen-bond donors (Lipinski definition) is 1. The first-order valence-electron chi connectivity index (χ1n) is 7.75. The van der Waals surface area contributed by atoms with Gasteiger partial charge in [0.15, 0.2) is 0 Å². The third-order valence-corrected chi connectivity index (χ3v) is 4.30. The first-order valence-corrected chi connectivity index (χ1v) is 7.75. The van der Waals surface area contributed by atoms with Crippen LogP contribution in [0.2, 0.25) is 0 Å². The van der Waals surface area contributed by atoms with Gasteiger partial charge in [-0.3, -0.25) is 0 Å². The van der Waals surface area contributed by atoms with Gasteiger partial charge in [0.05, 0.1) is 13.7 Å². The maximum absolute atomic E-state index is 5.86. The second-order valence-electron chi connectivity index (χ2n) is 5.80. The van der Waals surface area contributed by atoms with E-state index < -0.39 is 0 Å². The first-order chi connectivity index (χ1) is 9.78. The van der Waals surface area contributed by atoms with E-state index in [9.17, 15) is 0 Å². The molecule has 2 rings (SSSR count). The van der Waals surface area contributed by atoms with Crippen molar-refractivity contribution in [2.45, 2.75) is 39.0 Å². The fourth-order valence-corrected chi connectivity index (χ4v) is 2.78. The van der Waals surface area contributed by atoms with Crippen LogP contribution < -0.4 is 14.8 Å². The molecule has 0 radical (unpaired) electrons. The van der Waals surface area contributed by atoms with Gasteiger partial charge >= 0.3 is 0 Å². The van der Waals surface area contributed by atoms with Crippen LogP contribution in [0.15, 0.2) is 24.3 Å². The van der Waals surface area contributed by atoms with E-state index >= 15 is 0 Å². The third kappa shape index (κ3) is 4.14. The van der Waals surface area contributed by atoms with E-state index in [0.717, 1.165) is 37.6 Å². The third-order valence-electron chi connectivity index (χ3n) is 4.30. The molecule has 0 aromatic heterocycles. The summed E-state index contributed by atoms with van der Waals surface area (Å²) in [6.45, 7) is 5.29. The Kier molecular flexibility index (Phi) is 5.72. The van der Waals surface area contributed by atoms with Crippen molar-refractivity contribution >= 4 is 0 Å². The van der Waals surface area contributed by atoms with Gasteiger partial charge < -0.3 is 14.8 Å². The Bertz CT molecular complexity index is 384. The molecule has 1 aliphatic rings. The van der Waals surface area contributed by atoms with Gasteiger partial charge in [0.1, 0.15) is 11.5 Å². The topological polar surface area (TPSA) is 30.5 Å². The molecule has 0 bridgehead atoms. The quantitative estimate of drug-likeness (QED) is 0.699. The molecule has 1 N–H and O–H groups in total. The lowest BCUT2D eigenvalue weighted by Gasteiger charge is -2.42. The molecule has 0 atom stereocenters. The number of ether oxygens (including phenoxy) is 2. The molecule has 0 spiro atoms. The Hall–Kier alpha value is -1.22. The van der Waals surface area contributed by atoms with E-state index in [1.807, 2.05) is 24.3 Å². The zero-order valence-corrected chi connectivity index (χ0v) is 12.8. The fourth-order valence-electron chi connectivity index (χ4n) is 2.78. The zero-order valence-electron chi connectivity index (χ0n) is 12.8. The summed E-state index contributed by atoms with van der Waals surface area (Å²) in [7, 11) is 1.68. The number of rotatable bonds is 9. The molecule has 1 fully saturated rings. The average molecular weight is 277 g/mol. The lowest BCUT2D eigenvalue weighted by molar-refractivity contribution is 0.0923. The van der Waals surface area contributed by atoms with Crippen molar-refractivity contribution < 1.29 is 9.47 Å². The molecule has 0 heterocycles. The van der Waals surface area contributed by atoms with Crippen LogP contribution in [0.3, 0.4) is 0 Å². The van der Waals surface area contributed by atoms with E-state index in [2.05, 4.69) is 12.2 Å². The monoisotopic (exact) mass is 277 g/mol. The largest absolute Gasteiger partial charge is 0.497 e. The fraction of sp³-hybridized carbons (Fsp3) is 0.647. The van der Waals surface area contributed by atoms with Gasteiger partial charge in [0.2, 0.25) is 0 Å². The summed E-state index contributed by atoms with van der Waals surface area (Å²) >= 11 is 0. The highest BCUT2D eigenvalue weighted by Crippen LogP contribution is 2.43. The summed E-state index contributed by atoms with van der Waals surface area (Å²) < 4.78 is 11.0. The molecule has 0 unspecified atom stereocenters. The summed E-state index contributed by atoms with van der Waals surface area (Å²) in [4.78, 5) is 0. The lowest BCUT2D eigenvalue weighted by Crippen LogP contribution is -2.41. The minimum atomic E-state index is 0.488. The SMILES string of the molecule is CCCNCC1(CCOc2ccc(OC)cc2)CCC1. The van der Waals surface area contributed by atoms with Crippen LogP contribution in [-0.2, 0) is 0 Å². The van der Waals surface area contributed by atoms with Crippen molar-refractivity contribution in [3.63, 3.8) is 0 Å². The Labute approximate surface area is 122 Å². The first kappa shape index (κ1) is 15.2. The van der Waals surface area contributed by atoms with E-state index in [4.69, 9.17) is 9.47 Å². The van der Waals surface area contributed by atoms with E-state index in [1.165, 1.54) is 25.7 Å². The number of hydrogen-bond acceptors (Lipinski definition) is 3. The molecule has 0 amide bonds. The second-order valence-corrected chi connectivity index (χ2v) is 5.80. The van der Waals surface area contributed by atoms with Crippen LogP contribution in [0.5, 0.6) is 11.5 Å². The molecular formula is C17H27NO2. The van der Waals surface area contributed by atoms with Gasteiger partial charge in [0.25, 0.3) is 0 Å². The van der Waals surface area contributed by atoms with Crippen molar-refractivity contribution in [2.24, 2.45) is 5.41 Å². The normalized spacial score (nSPS) is 16.5. The number of nitrogens with one attached hydrogen (secondary N) is 1. The Morgan fingerprint density at radius 2 is 1.85 bits per heavy atom. The molecule has 0 saturated heterocycles. The highest BCUT2D eigenvalue weighted by Gasteiger charge is 2.36. The highest BCUT2D eigenvalue weighted by molar-refractivity contribution is 5.31. The van der Waals surface area contributed by atoms with Gasteiger partial charge in [0, 0.05) is 6.54 Å². The van der Waals surface area contributed by atoms with Crippen LogP contribution in [0, 0.1) is 5.41 Å². The minimum absolute atomic E-state index is 0.488.